The number of benzene rings is 1. The summed E-state index contributed by atoms with van der Waals surface area (Å²) < 4.78 is 15.1. The van der Waals surface area contributed by atoms with E-state index in [1.54, 1.807) is 28.7 Å². The number of hydrogen-bond acceptors (Lipinski definition) is 3. The Bertz CT molecular complexity index is 902. The van der Waals surface area contributed by atoms with E-state index in [0.29, 0.717) is 27.2 Å². The first-order chi connectivity index (χ1) is 11.0. The Kier molecular flexibility index (Phi) is 4.33. The molecule has 0 aliphatic carbocycles. The number of pyridine rings is 1. The molecule has 0 radical (unpaired) electrons. The number of nitrogens with zero attached hydrogens (tertiary/aromatic N) is 4. The van der Waals surface area contributed by atoms with E-state index in [9.17, 15) is 4.39 Å². The molecule has 0 saturated carbocycles. The Labute approximate surface area is 142 Å². The molecule has 3 rings (SSSR count). The molecule has 0 aliphatic heterocycles. The molecule has 4 nitrogen and oxygen atoms in total. The summed E-state index contributed by atoms with van der Waals surface area (Å²) in [7, 11) is 0. The van der Waals surface area contributed by atoms with Crippen LogP contribution in [0.25, 0.3) is 5.65 Å². The highest BCUT2D eigenvalue weighted by atomic mass is 35.5. The van der Waals surface area contributed by atoms with Gasteiger partial charge in [-0.15, -0.1) is 10.2 Å². The van der Waals surface area contributed by atoms with Gasteiger partial charge in [0.05, 0.1) is 10.7 Å². The molecule has 0 bridgehead atoms. The lowest BCUT2D eigenvalue weighted by atomic mass is 10.1. The van der Waals surface area contributed by atoms with Crippen LogP contribution in [-0.2, 0) is 0 Å². The van der Waals surface area contributed by atoms with Gasteiger partial charge < -0.3 is 0 Å². The van der Waals surface area contributed by atoms with Crippen molar-refractivity contribution in [2.45, 2.75) is 19.8 Å². The van der Waals surface area contributed by atoms with Crippen LogP contribution in [-0.4, -0.2) is 9.38 Å². The summed E-state index contributed by atoms with van der Waals surface area (Å²) in [6, 6.07) is 7.90. The first kappa shape index (κ1) is 15.9. The predicted octanol–water partition coefficient (Wildman–Crippen LogP) is 6.32. The average molecular weight is 351 g/mol. The molecule has 1 aromatic carbocycles. The van der Waals surface area contributed by atoms with Crippen LogP contribution in [0.2, 0.25) is 10.0 Å². The van der Waals surface area contributed by atoms with Gasteiger partial charge in [0.15, 0.2) is 5.82 Å². The maximum atomic E-state index is 13.5. The van der Waals surface area contributed by atoms with Crippen molar-refractivity contribution in [2.75, 3.05) is 0 Å². The molecular formula is C16H13Cl2FN4. The Hall–Kier alpha value is -1.98. The fraction of sp³-hybridized carbons (Fsp3) is 0.188. The van der Waals surface area contributed by atoms with E-state index in [4.69, 9.17) is 23.2 Å². The van der Waals surface area contributed by atoms with Gasteiger partial charge in [-0.3, -0.25) is 4.40 Å². The largest absolute Gasteiger partial charge is 0.280 e. The van der Waals surface area contributed by atoms with Crippen LogP contribution in [0, 0.1) is 5.82 Å². The lowest BCUT2D eigenvalue weighted by Gasteiger charge is -2.02. The summed E-state index contributed by atoms with van der Waals surface area (Å²) in [6.07, 6.45) is 1.34. The number of halogens is 3. The fourth-order valence-corrected chi connectivity index (χ4v) is 2.50. The van der Waals surface area contributed by atoms with Gasteiger partial charge in [-0.1, -0.05) is 37.0 Å². The lowest BCUT2D eigenvalue weighted by Crippen LogP contribution is -1.88. The number of hydrogen-bond donors (Lipinski definition) is 0. The smallest absolute Gasteiger partial charge is 0.183 e. The number of imidazole rings is 1. The van der Waals surface area contributed by atoms with Crippen LogP contribution in [0.5, 0.6) is 0 Å². The monoisotopic (exact) mass is 350 g/mol. The summed E-state index contributed by atoms with van der Waals surface area (Å²) in [6.45, 7) is 3.98. The molecule has 0 atom stereocenters. The number of fused-ring (bicyclic) bond motifs is 1. The van der Waals surface area contributed by atoms with Gasteiger partial charge in [0.2, 0.25) is 0 Å². The van der Waals surface area contributed by atoms with Crippen LogP contribution >= 0.6 is 23.2 Å². The minimum atomic E-state index is -0.373. The fourth-order valence-electron chi connectivity index (χ4n) is 2.17. The highest BCUT2D eigenvalue weighted by molar-refractivity contribution is 6.35. The molecular weight excluding hydrogens is 338 g/mol. The topological polar surface area (TPSA) is 42.0 Å². The maximum absolute atomic E-state index is 13.5. The molecule has 0 aliphatic rings. The van der Waals surface area contributed by atoms with Crippen molar-refractivity contribution in [1.82, 2.24) is 9.38 Å². The molecule has 0 fully saturated rings. The Morgan fingerprint density at radius 3 is 2.65 bits per heavy atom. The van der Waals surface area contributed by atoms with Gasteiger partial charge in [0.1, 0.15) is 17.2 Å². The van der Waals surface area contributed by atoms with Gasteiger partial charge in [0.25, 0.3) is 0 Å². The maximum Gasteiger partial charge on any atom is 0.183 e. The molecule has 0 N–H and O–H groups in total. The van der Waals surface area contributed by atoms with Gasteiger partial charge in [-0.05, 0) is 36.2 Å². The van der Waals surface area contributed by atoms with Crippen molar-refractivity contribution >= 4 is 40.4 Å². The van der Waals surface area contributed by atoms with Crippen molar-refractivity contribution in [2.24, 2.45) is 10.2 Å². The first-order valence-electron chi connectivity index (χ1n) is 7.00. The second kappa shape index (κ2) is 6.26. The third-order valence-corrected chi connectivity index (χ3v) is 3.85. The van der Waals surface area contributed by atoms with E-state index >= 15 is 0 Å². The molecule has 0 saturated heterocycles. The minimum absolute atomic E-state index is 0.113. The summed E-state index contributed by atoms with van der Waals surface area (Å²) >= 11 is 12.0. The highest BCUT2D eigenvalue weighted by Gasteiger charge is 2.15. The number of azo groups is 1. The summed E-state index contributed by atoms with van der Waals surface area (Å²) in [5.41, 5.74) is 1.79. The van der Waals surface area contributed by atoms with Crippen molar-refractivity contribution in [1.29, 1.82) is 0 Å². The second-order valence-electron chi connectivity index (χ2n) is 5.35. The molecule has 0 unspecified atom stereocenters. The third-order valence-electron chi connectivity index (χ3n) is 3.29. The van der Waals surface area contributed by atoms with E-state index in [-0.39, 0.29) is 11.7 Å². The SMILES string of the molecule is CC(C)c1nc2ccc(F)cn2c1N=Nc1cc(Cl)ccc1Cl. The summed E-state index contributed by atoms with van der Waals surface area (Å²) in [5.74, 6) is 0.217. The third kappa shape index (κ3) is 3.21. The van der Waals surface area contributed by atoms with Gasteiger partial charge in [-0.2, -0.15) is 0 Å². The minimum Gasteiger partial charge on any atom is -0.280 e. The van der Waals surface area contributed by atoms with Crippen LogP contribution in [0.3, 0.4) is 0 Å². The molecule has 118 valence electrons. The Balaban J connectivity index is 2.14. The highest BCUT2D eigenvalue weighted by Crippen LogP contribution is 2.32. The van der Waals surface area contributed by atoms with Gasteiger partial charge >= 0.3 is 0 Å². The Morgan fingerprint density at radius 2 is 1.91 bits per heavy atom. The molecule has 2 aromatic heterocycles. The van der Waals surface area contributed by atoms with E-state index < -0.39 is 0 Å². The van der Waals surface area contributed by atoms with Crippen LogP contribution in [0.4, 0.5) is 15.9 Å². The Morgan fingerprint density at radius 1 is 1.13 bits per heavy atom. The van der Waals surface area contributed by atoms with Crippen LogP contribution in [0.15, 0.2) is 46.8 Å². The zero-order chi connectivity index (χ0) is 16.6. The lowest BCUT2D eigenvalue weighted by molar-refractivity contribution is 0.619. The van der Waals surface area contributed by atoms with Crippen molar-refractivity contribution in [3.8, 4) is 0 Å². The molecule has 2 heterocycles. The molecule has 0 amide bonds. The number of aromatic nitrogens is 2. The van der Waals surface area contributed by atoms with Crippen LogP contribution < -0.4 is 0 Å². The first-order valence-corrected chi connectivity index (χ1v) is 7.75. The molecule has 3 aromatic rings. The normalized spacial score (nSPS) is 11.9. The molecule has 0 spiro atoms. The van der Waals surface area contributed by atoms with E-state index in [1.165, 1.54) is 12.3 Å². The van der Waals surface area contributed by atoms with Crippen molar-refractivity contribution < 1.29 is 4.39 Å². The average Bonchev–Trinajstić information content (AvgIpc) is 2.86. The summed E-state index contributed by atoms with van der Waals surface area (Å²) in [5, 5.41) is 9.35. The second-order valence-corrected chi connectivity index (χ2v) is 6.19. The van der Waals surface area contributed by atoms with E-state index in [1.807, 2.05) is 13.8 Å². The van der Waals surface area contributed by atoms with E-state index in [0.717, 1.165) is 5.69 Å². The van der Waals surface area contributed by atoms with Crippen molar-refractivity contribution in [3.05, 3.63) is 58.1 Å². The van der Waals surface area contributed by atoms with Gasteiger partial charge in [0, 0.05) is 11.2 Å². The van der Waals surface area contributed by atoms with Gasteiger partial charge in [-0.25, -0.2) is 9.37 Å². The summed E-state index contributed by atoms with van der Waals surface area (Å²) in [4.78, 5) is 4.49. The zero-order valence-corrected chi connectivity index (χ0v) is 14.0. The van der Waals surface area contributed by atoms with E-state index in [2.05, 4.69) is 15.2 Å². The zero-order valence-electron chi connectivity index (χ0n) is 12.5. The number of rotatable bonds is 3. The standard InChI is InChI=1S/C16H13Cl2FN4/c1-9(2)15-16(23-8-11(19)4-6-14(23)20-15)22-21-13-7-10(17)3-5-12(13)18/h3-9H,1-2H3. The van der Waals surface area contributed by atoms with Crippen molar-refractivity contribution in [3.63, 3.8) is 0 Å². The quantitative estimate of drug-likeness (QED) is 0.509. The predicted molar refractivity (Wildman–Crippen MR) is 89.9 cm³/mol. The molecule has 23 heavy (non-hydrogen) atoms. The molecule has 7 heteroatoms. The van der Waals surface area contributed by atoms with Crippen LogP contribution in [0.1, 0.15) is 25.5 Å².